The lowest BCUT2D eigenvalue weighted by Gasteiger charge is -2.34. The zero-order chi connectivity index (χ0) is 27.8. The highest BCUT2D eigenvalue weighted by Gasteiger charge is 2.38. The fraction of sp³-hybridized carbons (Fsp3) is 0.548. The van der Waals surface area contributed by atoms with E-state index in [0.717, 1.165) is 44.5 Å². The maximum absolute atomic E-state index is 13.7. The van der Waals surface area contributed by atoms with E-state index >= 15 is 0 Å². The maximum Gasteiger partial charge on any atom is 0.254 e. The maximum atomic E-state index is 13.7. The molecule has 1 unspecified atom stereocenters. The van der Waals surface area contributed by atoms with Crippen LogP contribution in [-0.2, 0) is 16.0 Å². The summed E-state index contributed by atoms with van der Waals surface area (Å²) in [5.74, 6) is 1.24. The molecule has 0 spiro atoms. The first-order valence-corrected chi connectivity index (χ1v) is 14.5. The summed E-state index contributed by atoms with van der Waals surface area (Å²) in [4.78, 5) is 31.0. The molecule has 1 saturated heterocycles. The van der Waals surface area contributed by atoms with Crippen LogP contribution in [0.2, 0.25) is 5.02 Å². The van der Waals surface area contributed by atoms with Crippen LogP contribution in [0.4, 0.5) is 0 Å². The number of methoxy groups -OCH3 is 1. The minimum Gasteiger partial charge on any atom is -0.492 e. The first-order valence-electron chi connectivity index (χ1n) is 14.1. The van der Waals surface area contributed by atoms with Gasteiger partial charge in [0.15, 0.2) is 0 Å². The van der Waals surface area contributed by atoms with Crippen LogP contribution in [-0.4, -0.2) is 80.2 Å². The average Bonchev–Trinajstić information content (AvgIpc) is 3.67. The Balaban J connectivity index is 1.41. The van der Waals surface area contributed by atoms with Gasteiger partial charge in [0, 0.05) is 64.0 Å². The summed E-state index contributed by atoms with van der Waals surface area (Å²) in [6, 6.07) is 15.6. The Morgan fingerprint density at radius 3 is 2.41 bits per heavy atom. The Kier molecular flexibility index (Phi) is 10.7. The quantitative estimate of drug-likeness (QED) is 0.343. The molecule has 0 bridgehead atoms. The Morgan fingerprint density at radius 2 is 1.74 bits per heavy atom. The highest BCUT2D eigenvalue weighted by Crippen LogP contribution is 2.31. The number of hydrogen-bond donors (Lipinski definition) is 1. The van der Waals surface area contributed by atoms with E-state index in [1.165, 1.54) is 0 Å². The smallest absolute Gasteiger partial charge is 0.254 e. The topological polar surface area (TPSA) is 71.1 Å². The van der Waals surface area contributed by atoms with Gasteiger partial charge in [-0.15, -0.1) is 0 Å². The molecule has 0 aromatic heterocycles. The van der Waals surface area contributed by atoms with E-state index in [1.807, 2.05) is 49.1 Å². The van der Waals surface area contributed by atoms with Gasteiger partial charge in [-0.2, -0.15) is 0 Å². The minimum atomic E-state index is -0.0340. The lowest BCUT2D eigenvalue weighted by atomic mass is 9.93. The molecule has 7 nitrogen and oxygen atoms in total. The lowest BCUT2D eigenvalue weighted by Crippen LogP contribution is -2.45. The number of nitrogens with zero attached hydrogens (tertiary/aromatic N) is 2. The Labute approximate surface area is 237 Å². The van der Waals surface area contributed by atoms with Crippen molar-refractivity contribution >= 4 is 23.4 Å². The number of hydrogen-bond acceptors (Lipinski definition) is 5. The number of ether oxygens (including phenoxy) is 2. The predicted molar refractivity (Wildman–Crippen MR) is 154 cm³/mol. The predicted octanol–water partition coefficient (Wildman–Crippen LogP) is 4.68. The molecule has 1 saturated carbocycles. The van der Waals surface area contributed by atoms with Crippen LogP contribution in [0.3, 0.4) is 0 Å². The summed E-state index contributed by atoms with van der Waals surface area (Å²) < 4.78 is 10.9. The fourth-order valence-electron chi connectivity index (χ4n) is 5.26. The molecule has 1 heterocycles. The number of carbonyl (C=O) groups is 2. The van der Waals surface area contributed by atoms with Gasteiger partial charge in [-0.05, 0) is 62.3 Å². The van der Waals surface area contributed by atoms with Crippen molar-refractivity contribution in [3.05, 3.63) is 64.7 Å². The summed E-state index contributed by atoms with van der Waals surface area (Å²) >= 11 is 6.35. The first kappa shape index (κ1) is 29.4. The van der Waals surface area contributed by atoms with Gasteiger partial charge in [-0.3, -0.25) is 9.59 Å². The molecule has 2 aromatic carbocycles. The molecule has 2 amide bonds. The van der Waals surface area contributed by atoms with Crippen molar-refractivity contribution in [1.82, 2.24) is 15.1 Å². The van der Waals surface area contributed by atoms with Gasteiger partial charge in [0.05, 0.1) is 18.1 Å². The summed E-state index contributed by atoms with van der Waals surface area (Å²) in [6.45, 7) is 8.22. The van der Waals surface area contributed by atoms with Gasteiger partial charge in [0.1, 0.15) is 5.75 Å². The number of carbonyl (C=O) groups excluding carboxylic acids is 2. The molecule has 2 aliphatic rings. The van der Waals surface area contributed by atoms with Crippen LogP contribution >= 0.6 is 11.6 Å². The molecule has 1 N–H and O–H groups in total. The molecule has 8 heteroatoms. The summed E-state index contributed by atoms with van der Waals surface area (Å²) in [7, 11) is 1.66. The first-order chi connectivity index (χ1) is 18.9. The van der Waals surface area contributed by atoms with E-state index < -0.39 is 0 Å². The molecule has 2 fully saturated rings. The molecular weight excluding hydrogens is 514 g/mol. The highest BCUT2D eigenvalue weighted by atomic mass is 35.5. The number of halogens is 1. The van der Waals surface area contributed by atoms with Gasteiger partial charge >= 0.3 is 0 Å². The molecule has 4 rings (SSSR count). The second-order valence-corrected chi connectivity index (χ2v) is 11.4. The molecule has 2 atom stereocenters. The molecule has 0 radical (unpaired) electrons. The van der Waals surface area contributed by atoms with E-state index in [1.54, 1.807) is 25.3 Å². The third-order valence-electron chi connectivity index (χ3n) is 7.66. The largest absolute Gasteiger partial charge is 0.492 e. The Morgan fingerprint density at radius 1 is 1.03 bits per heavy atom. The Bertz CT molecular complexity index is 1090. The minimum absolute atomic E-state index is 0.0275. The molecule has 1 aliphatic carbocycles. The van der Waals surface area contributed by atoms with Gasteiger partial charge < -0.3 is 24.6 Å². The number of nitrogens with one attached hydrogen (secondary N) is 1. The molecule has 1 aliphatic heterocycles. The third kappa shape index (κ3) is 8.19. The number of amides is 2. The standard InChI is InChI=1S/C31H42ClN3O4/c1-22(2)34(31(37)24-10-13-28(32)29(17-24)39-15-7-14-38-3)20-25-18-33-19-26(25)21-35(27-11-12-27)30(36)16-23-8-5-4-6-9-23/h4-6,8-10,13,17,22,25-27,33H,7,11-12,14-16,18-21H2,1-3H3/t25-,26?/m0/s1. The molecule has 39 heavy (non-hydrogen) atoms. The van der Waals surface area contributed by atoms with Gasteiger partial charge in [-0.25, -0.2) is 0 Å². The van der Waals surface area contributed by atoms with E-state index in [4.69, 9.17) is 21.1 Å². The molecule has 212 valence electrons. The van der Waals surface area contributed by atoms with Crippen LogP contribution in [0.15, 0.2) is 48.5 Å². The van der Waals surface area contributed by atoms with Crippen LogP contribution in [0, 0.1) is 11.8 Å². The van der Waals surface area contributed by atoms with E-state index in [9.17, 15) is 9.59 Å². The van der Waals surface area contributed by atoms with Crippen molar-refractivity contribution in [2.24, 2.45) is 11.8 Å². The summed E-state index contributed by atoms with van der Waals surface area (Å²) in [5, 5.41) is 4.01. The van der Waals surface area contributed by atoms with Crippen molar-refractivity contribution in [2.75, 3.05) is 46.5 Å². The second kappa shape index (κ2) is 14.1. The van der Waals surface area contributed by atoms with Crippen molar-refractivity contribution in [3.8, 4) is 5.75 Å². The molecule has 2 aromatic rings. The van der Waals surface area contributed by atoms with Crippen LogP contribution in [0.5, 0.6) is 5.75 Å². The fourth-order valence-corrected chi connectivity index (χ4v) is 5.43. The van der Waals surface area contributed by atoms with Gasteiger partial charge in [-0.1, -0.05) is 41.9 Å². The van der Waals surface area contributed by atoms with Crippen molar-refractivity contribution in [3.63, 3.8) is 0 Å². The summed E-state index contributed by atoms with van der Waals surface area (Å²) in [5.41, 5.74) is 1.62. The van der Waals surface area contributed by atoms with E-state index in [0.29, 0.717) is 54.5 Å². The van der Waals surface area contributed by atoms with Gasteiger partial charge in [0.25, 0.3) is 5.91 Å². The zero-order valence-corrected chi connectivity index (χ0v) is 24.2. The SMILES string of the molecule is COCCCOc1cc(C(=O)N(C[C@@H]2CNCC2CN(C(=O)Cc2ccccc2)C2CC2)C(C)C)ccc1Cl. The van der Waals surface area contributed by atoms with Crippen LogP contribution < -0.4 is 10.1 Å². The van der Waals surface area contributed by atoms with Crippen LogP contribution in [0.25, 0.3) is 0 Å². The van der Waals surface area contributed by atoms with E-state index in [2.05, 4.69) is 10.2 Å². The van der Waals surface area contributed by atoms with Crippen molar-refractivity contribution in [2.45, 2.75) is 51.6 Å². The molecular formula is C31H42ClN3O4. The van der Waals surface area contributed by atoms with E-state index in [-0.39, 0.29) is 23.8 Å². The normalized spacial score (nSPS) is 18.8. The third-order valence-corrected chi connectivity index (χ3v) is 7.97. The highest BCUT2D eigenvalue weighted by molar-refractivity contribution is 6.32. The lowest BCUT2D eigenvalue weighted by molar-refractivity contribution is -0.131. The number of benzene rings is 2. The Hall–Kier alpha value is -2.61. The van der Waals surface area contributed by atoms with Crippen LogP contribution in [0.1, 0.15) is 49.0 Å². The van der Waals surface area contributed by atoms with Gasteiger partial charge in [0.2, 0.25) is 5.91 Å². The zero-order valence-electron chi connectivity index (χ0n) is 23.4. The average molecular weight is 556 g/mol. The number of rotatable bonds is 14. The van der Waals surface area contributed by atoms with Crippen molar-refractivity contribution < 1.29 is 19.1 Å². The van der Waals surface area contributed by atoms with Crippen molar-refractivity contribution in [1.29, 1.82) is 0 Å². The second-order valence-electron chi connectivity index (χ2n) is 11.0. The monoisotopic (exact) mass is 555 g/mol. The summed E-state index contributed by atoms with van der Waals surface area (Å²) in [6.07, 6.45) is 3.33.